The fourth-order valence-corrected chi connectivity index (χ4v) is 2.35. The number of anilines is 1. The van der Waals surface area contributed by atoms with Gasteiger partial charge in [-0.2, -0.15) is 0 Å². The summed E-state index contributed by atoms with van der Waals surface area (Å²) in [6, 6.07) is 16.7. The summed E-state index contributed by atoms with van der Waals surface area (Å²) in [5, 5.41) is 3.18. The molecule has 20 heavy (non-hydrogen) atoms. The van der Waals surface area contributed by atoms with Crippen LogP contribution in [0.15, 0.2) is 48.5 Å². The van der Waals surface area contributed by atoms with Crippen LogP contribution >= 0.6 is 0 Å². The van der Waals surface area contributed by atoms with Gasteiger partial charge in [0, 0.05) is 20.1 Å². The third-order valence-electron chi connectivity index (χ3n) is 3.29. The number of nitrogens with zero attached hydrogens (tertiary/aromatic N) is 1. The van der Waals surface area contributed by atoms with Crippen molar-refractivity contribution < 1.29 is 4.74 Å². The van der Waals surface area contributed by atoms with Crippen molar-refractivity contribution in [3.63, 3.8) is 0 Å². The third-order valence-corrected chi connectivity index (χ3v) is 3.29. The summed E-state index contributed by atoms with van der Waals surface area (Å²) in [4.78, 5) is 2.21. The van der Waals surface area contributed by atoms with Crippen LogP contribution in [0, 0.1) is 0 Å². The molecule has 106 valence electrons. The lowest BCUT2D eigenvalue weighted by Crippen LogP contribution is -2.17. The summed E-state index contributed by atoms with van der Waals surface area (Å²) in [5.41, 5.74) is 3.71. The molecule has 0 atom stereocenters. The Morgan fingerprint density at radius 1 is 1.05 bits per heavy atom. The Morgan fingerprint density at radius 2 is 1.80 bits per heavy atom. The first-order valence-corrected chi connectivity index (χ1v) is 6.81. The molecule has 2 aromatic carbocycles. The van der Waals surface area contributed by atoms with Crippen LogP contribution in [0.2, 0.25) is 0 Å². The molecule has 0 bridgehead atoms. The van der Waals surface area contributed by atoms with Crippen LogP contribution in [-0.2, 0) is 13.1 Å². The molecule has 0 fully saturated rings. The highest BCUT2D eigenvalue weighted by Crippen LogP contribution is 2.27. The van der Waals surface area contributed by atoms with Gasteiger partial charge >= 0.3 is 0 Å². The zero-order valence-electron chi connectivity index (χ0n) is 12.4. The van der Waals surface area contributed by atoms with Gasteiger partial charge in [0.1, 0.15) is 5.75 Å². The van der Waals surface area contributed by atoms with Crippen molar-refractivity contribution in [2.24, 2.45) is 0 Å². The first-order chi connectivity index (χ1) is 9.74. The quantitative estimate of drug-likeness (QED) is 0.873. The molecule has 2 aromatic rings. The molecule has 0 saturated heterocycles. The van der Waals surface area contributed by atoms with E-state index in [9.17, 15) is 0 Å². The summed E-state index contributed by atoms with van der Waals surface area (Å²) in [6.45, 7) is 1.75. The fraction of sp³-hybridized carbons (Fsp3) is 0.294. The maximum Gasteiger partial charge on any atom is 0.142 e. The van der Waals surface area contributed by atoms with E-state index in [2.05, 4.69) is 47.6 Å². The van der Waals surface area contributed by atoms with E-state index in [1.807, 2.05) is 25.2 Å². The summed E-state index contributed by atoms with van der Waals surface area (Å²) in [5.74, 6) is 0.904. The second kappa shape index (κ2) is 6.96. The van der Waals surface area contributed by atoms with Gasteiger partial charge in [0.15, 0.2) is 0 Å². The van der Waals surface area contributed by atoms with Gasteiger partial charge in [0.2, 0.25) is 0 Å². The third kappa shape index (κ3) is 3.52. The topological polar surface area (TPSA) is 24.5 Å². The van der Waals surface area contributed by atoms with Crippen molar-refractivity contribution in [2.75, 3.05) is 26.1 Å². The average molecular weight is 270 g/mol. The number of rotatable bonds is 6. The van der Waals surface area contributed by atoms with Crippen LogP contribution in [0.1, 0.15) is 11.1 Å². The van der Waals surface area contributed by atoms with Gasteiger partial charge in [-0.05, 0) is 30.3 Å². The second-order valence-corrected chi connectivity index (χ2v) is 4.88. The normalized spacial score (nSPS) is 10.3. The lowest BCUT2D eigenvalue weighted by molar-refractivity contribution is 0.415. The lowest BCUT2D eigenvalue weighted by atomic mass is 10.1. The largest absolute Gasteiger partial charge is 0.495 e. The van der Waals surface area contributed by atoms with Crippen LogP contribution < -0.4 is 15.0 Å². The Balaban J connectivity index is 2.14. The molecule has 2 rings (SSSR count). The predicted octanol–water partition coefficient (Wildman–Crippen LogP) is 3.05. The maximum atomic E-state index is 5.41. The van der Waals surface area contributed by atoms with Crippen LogP contribution in [0.4, 0.5) is 5.69 Å². The SMILES string of the molecule is CNCc1cccc(CN(C)c2ccccc2OC)c1. The Labute approximate surface area is 121 Å². The standard InChI is InChI=1S/C17H22N2O/c1-18-12-14-7-6-8-15(11-14)13-19(2)16-9-4-5-10-17(16)20-3/h4-11,18H,12-13H2,1-3H3. The molecule has 0 unspecified atom stereocenters. The minimum atomic E-state index is 0.859. The predicted molar refractivity (Wildman–Crippen MR) is 84.3 cm³/mol. The molecule has 0 aliphatic carbocycles. The highest BCUT2D eigenvalue weighted by atomic mass is 16.5. The van der Waals surface area contributed by atoms with Gasteiger partial charge in [-0.25, -0.2) is 0 Å². The van der Waals surface area contributed by atoms with Gasteiger partial charge < -0.3 is 15.0 Å². The van der Waals surface area contributed by atoms with E-state index in [0.29, 0.717) is 0 Å². The van der Waals surface area contributed by atoms with E-state index < -0.39 is 0 Å². The van der Waals surface area contributed by atoms with E-state index in [1.165, 1.54) is 11.1 Å². The molecular formula is C17H22N2O. The Bertz CT molecular complexity index is 554. The van der Waals surface area contributed by atoms with Crippen molar-refractivity contribution in [3.8, 4) is 5.75 Å². The monoisotopic (exact) mass is 270 g/mol. The van der Waals surface area contributed by atoms with E-state index in [-0.39, 0.29) is 0 Å². The van der Waals surface area contributed by atoms with E-state index in [0.717, 1.165) is 24.5 Å². The first kappa shape index (κ1) is 14.4. The molecule has 0 radical (unpaired) electrons. The molecule has 0 aliphatic rings. The molecule has 0 aromatic heterocycles. The number of hydrogen-bond donors (Lipinski definition) is 1. The molecule has 1 N–H and O–H groups in total. The van der Waals surface area contributed by atoms with Gasteiger partial charge in [-0.3, -0.25) is 0 Å². The number of nitrogens with one attached hydrogen (secondary N) is 1. The molecular weight excluding hydrogens is 248 g/mol. The Morgan fingerprint density at radius 3 is 2.55 bits per heavy atom. The van der Waals surface area contributed by atoms with Gasteiger partial charge in [0.05, 0.1) is 12.8 Å². The highest BCUT2D eigenvalue weighted by molar-refractivity contribution is 5.58. The van der Waals surface area contributed by atoms with Crippen molar-refractivity contribution in [1.29, 1.82) is 0 Å². The van der Waals surface area contributed by atoms with Crippen molar-refractivity contribution in [1.82, 2.24) is 5.32 Å². The molecule has 0 spiro atoms. The molecule has 3 nitrogen and oxygen atoms in total. The number of para-hydroxylation sites is 2. The zero-order chi connectivity index (χ0) is 14.4. The van der Waals surface area contributed by atoms with E-state index in [4.69, 9.17) is 4.74 Å². The average Bonchev–Trinajstić information content (AvgIpc) is 2.48. The van der Waals surface area contributed by atoms with Crippen molar-refractivity contribution in [3.05, 3.63) is 59.7 Å². The van der Waals surface area contributed by atoms with Crippen LogP contribution in [0.5, 0.6) is 5.75 Å². The van der Waals surface area contributed by atoms with Crippen molar-refractivity contribution >= 4 is 5.69 Å². The molecule has 3 heteroatoms. The summed E-state index contributed by atoms with van der Waals surface area (Å²) >= 11 is 0. The van der Waals surface area contributed by atoms with E-state index >= 15 is 0 Å². The Kier molecular flexibility index (Phi) is 5.02. The number of benzene rings is 2. The summed E-state index contributed by atoms with van der Waals surface area (Å²) < 4.78 is 5.41. The summed E-state index contributed by atoms with van der Waals surface area (Å²) in [6.07, 6.45) is 0. The molecule has 0 aliphatic heterocycles. The molecule has 0 heterocycles. The minimum absolute atomic E-state index is 0.859. The van der Waals surface area contributed by atoms with Crippen LogP contribution in [0.25, 0.3) is 0 Å². The smallest absolute Gasteiger partial charge is 0.142 e. The Hall–Kier alpha value is -2.00. The number of methoxy groups -OCH3 is 1. The number of ether oxygens (including phenoxy) is 1. The van der Waals surface area contributed by atoms with E-state index in [1.54, 1.807) is 7.11 Å². The highest BCUT2D eigenvalue weighted by Gasteiger charge is 2.08. The first-order valence-electron chi connectivity index (χ1n) is 6.81. The lowest BCUT2D eigenvalue weighted by Gasteiger charge is -2.22. The molecule has 0 saturated carbocycles. The van der Waals surface area contributed by atoms with Crippen molar-refractivity contribution in [2.45, 2.75) is 13.1 Å². The zero-order valence-corrected chi connectivity index (χ0v) is 12.4. The number of hydrogen-bond acceptors (Lipinski definition) is 3. The van der Waals surface area contributed by atoms with Gasteiger partial charge in [-0.15, -0.1) is 0 Å². The summed E-state index contributed by atoms with van der Waals surface area (Å²) in [7, 11) is 5.76. The molecule has 0 amide bonds. The minimum Gasteiger partial charge on any atom is -0.495 e. The maximum absolute atomic E-state index is 5.41. The fourth-order valence-electron chi connectivity index (χ4n) is 2.35. The van der Waals surface area contributed by atoms with Crippen LogP contribution in [0.3, 0.4) is 0 Å². The van der Waals surface area contributed by atoms with Gasteiger partial charge in [0.25, 0.3) is 0 Å². The second-order valence-electron chi connectivity index (χ2n) is 4.88. The van der Waals surface area contributed by atoms with Crippen LogP contribution in [-0.4, -0.2) is 21.2 Å². The van der Waals surface area contributed by atoms with Gasteiger partial charge in [-0.1, -0.05) is 36.4 Å².